The smallest absolute Gasteiger partial charge is 0.325 e. The molecule has 19 heavy (non-hydrogen) atoms. The molecule has 0 bridgehead atoms. The van der Waals surface area contributed by atoms with Gasteiger partial charge in [-0.15, -0.1) is 0 Å². The van der Waals surface area contributed by atoms with Gasteiger partial charge in [-0.25, -0.2) is 8.78 Å². The summed E-state index contributed by atoms with van der Waals surface area (Å²) in [7, 11) is 1.19. The minimum absolute atomic E-state index is 0.188. The molecule has 0 atom stereocenters. The lowest BCUT2D eigenvalue weighted by Gasteiger charge is -2.20. The number of rotatable bonds is 4. The van der Waals surface area contributed by atoms with Crippen LogP contribution in [0.3, 0.4) is 0 Å². The van der Waals surface area contributed by atoms with Gasteiger partial charge in [0.1, 0.15) is 6.54 Å². The number of nitrogens with zero attached hydrogens (tertiary/aromatic N) is 1. The molecule has 7 heteroatoms. The van der Waals surface area contributed by atoms with E-state index in [1.165, 1.54) is 7.11 Å². The summed E-state index contributed by atoms with van der Waals surface area (Å²) >= 11 is 0. The summed E-state index contributed by atoms with van der Waals surface area (Å²) in [5.74, 6) is -3.59. The Morgan fingerprint density at radius 2 is 1.89 bits per heavy atom. The third-order valence-electron chi connectivity index (χ3n) is 2.54. The van der Waals surface area contributed by atoms with Crippen LogP contribution in [0.5, 0.6) is 0 Å². The molecule has 0 aliphatic carbocycles. The van der Waals surface area contributed by atoms with Crippen LogP contribution in [0, 0.1) is 11.6 Å². The molecule has 0 saturated heterocycles. The van der Waals surface area contributed by atoms with Crippen LogP contribution in [0.1, 0.15) is 17.3 Å². The van der Waals surface area contributed by atoms with Crippen LogP contribution in [0.25, 0.3) is 0 Å². The van der Waals surface area contributed by atoms with Gasteiger partial charge in [0.2, 0.25) is 0 Å². The predicted octanol–water partition coefficient (Wildman–Crippen LogP) is 1.18. The lowest BCUT2D eigenvalue weighted by Crippen LogP contribution is -2.36. The number of nitrogen functional groups attached to an aromatic ring is 1. The van der Waals surface area contributed by atoms with E-state index in [-0.39, 0.29) is 24.3 Å². The molecule has 0 unspecified atom stereocenters. The molecule has 5 nitrogen and oxygen atoms in total. The van der Waals surface area contributed by atoms with Crippen molar-refractivity contribution in [1.29, 1.82) is 0 Å². The fraction of sp³-hybridized carbons (Fsp3) is 0.333. The minimum Gasteiger partial charge on any atom is -0.468 e. The van der Waals surface area contributed by atoms with Crippen LogP contribution in [0.4, 0.5) is 14.5 Å². The lowest BCUT2D eigenvalue weighted by atomic mass is 10.1. The van der Waals surface area contributed by atoms with Gasteiger partial charge in [0.25, 0.3) is 5.91 Å². The molecule has 1 aromatic carbocycles. The van der Waals surface area contributed by atoms with E-state index in [4.69, 9.17) is 5.73 Å². The Morgan fingerprint density at radius 3 is 2.42 bits per heavy atom. The van der Waals surface area contributed by atoms with Gasteiger partial charge < -0.3 is 15.4 Å². The summed E-state index contributed by atoms with van der Waals surface area (Å²) in [6.07, 6.45) is 0. The molecule has 0 aliphatic heterocycles. The van der Waals surface area contributed by atoms with Gasteiger partial charge in [0, 0.05) is 18.3 Å². The first-order chi connectivity index (χ1) is 8.90. The van der Waals surface area contributed by atoms with Crippen molar-refractivity contribution < 1.29 is 23.1 Å². The molecule has 2 N–H and O–H groups in total. The first-order valence-corrected chi connectivity index (χ1v) is 5.51. The van der Waals surface area contributed by atoms with Crippen LogP contribution in [0.15, 0.2) is 12.1 Å². The fourth-order valence-corrected chi connectivity index (χ4v) is 1.47. The van der Waals surface area contributed by atoms with Crippen molar-refractivity contribution in [3.63, 3.8) is 0 Å². The molecule has 0 saturated carbocycles. The van der Waals surface area contributed by atoms with Crippen molar-refractivity contribution >= 4 is 17.6 Å². The number of likely N-dealkylation sites (N-methyl/N-ethyl adjacent to an activating group) is 1. The predicted molar refractivity (Wildman–Crippen MR) is 64.4 cm³/mol. The number of methoxy groups -OCH3 is 1. The topological polar surface area (TPSA) is 72.6 Å². The second kappa shape index (κ2) is 6.12. The van der Waals surface area contributed by atoms with E-state index in [1.54, 1.807) is 6.92 Å². The van der Waals surface area contributed by atoms with Crippen molar-refractivity contribution in [1.82, 2.24) is 4.90 Å². The summed E-state index contributed by atoms with van der Waals surface area (Å²) in [4.78, 5) is 24.3. The van der Waals surface area contributed by atoms with Crippen LogP contribution in [-0.2, 0) is 9.53 Å². The third-order valence-corrected chi connectivity index (χ3v) is 2.54. The number of benzene rings is 1. The number of ether oxygens (including phenoxy) is 1. The van der Waals surface area contributed by atoms with Crippen molar-refractivity contribution in [3.05, 3.63) is 29.3 Å². The Kier molecular flexibility index (Phi) is 4.80. The van der Waals surface area contributed by atoms with Gasteiger partial charge in [-0.1, -0.05) is 0 Å². The summed E-state index contributed by atoms with van der Waals surface area (Å²) < 4.78 is 30.5. The van der Waals surface area contributed by atoms with Gasteiger partial charge in [0.15, 0.2) is 11.6 Å². The highest BCUT2D eigenvalue weighted by molar-refractivity contribution is 6.00. The number of anilines is 1. The maximum absolute atomic E-state index is 13.1. The first-order valence-electron chi connectivity index (χ1n) is 5.51. The van der Waals surface area contributed by atoms with E-state index >= 15 is 0 Å². The van der Waals surface area contributed by atoms with Crippen LogP contribution < -0.4 is 5.73 Å². The normalized spacial score (nSPS) is 10.1. The molecule has 0 aromatic heterocycles. The van der Waals surface area contributed by atoms with Gasteiger partial charge in [0.05, 0.1) is 12.7 Å². The zero-order chi connectivity index (χ0) is 14.6. The molecular formula is C12H14F2N2O3. The van der Waals surface area contributed by atoms with Gasteiger partial charge >= 0.3 is 5.97 Å². The van der Waals surface area contributed by atoms with E-state index in [0.717, 1.165) is 11.0 Å². The number of hydrogen-bond acceptors (Lipinski definition) is 4. The number of amides is 1. The SMILES string of the molecule is CCN(CC(=O)OC)C(=O)c1cc(F)c(F)cc1N. The van der Waals surface area contributed by atoms with Crippen molar-refractivity contribution in [3.8, 4) is 0 Å². The monoisotopic (exact) mass is 272 g/mol. The summed E-state index contributed by atoms with van der Waals surface area (Å²) in [5, 5.41) is 0. The molecule has 0 fully saturated rings. The molecule has 0 heterocycles. The summed E-state index contributed by atoms with van der Waals surface area (Å²) in [5.41, 5.74) is 5.10. The average molecular weight is 272 g/mol. The third kappa shape index (κ3) is 3.40. The van der Waals surface area contributed by atoms with E-state index in [1.807, 2.05) is 0 Å². The highest BCUT2D eigenvalue weighted by Crippen LogP contribution is 2.18. The number of esters is 1. The Bertz CT molecular complexity index is 506. The molecule has 1 aromatic rings. The number of nitrogens with two attached hydrogens (primary N) is 1. The largest absolute Gasteiger partial charge is 0.468 e. The standard InChI is InChI=1S/C12H14F2N2O3/c1-3-16(6-11(17)19-2)12(18)7-4-8(13)9(14)5-10(7)15/h4-5H,3,6,15H2,1-2H3. The molecule has 0 aliphatic rings. The van der Waals surface area contributed by atoms with Crippen LogP contribution >= 0.6 is 0 Å². The van der Waals surface area contributed by atoms with Gasteiger partial charge in [-0.05, 0) is 13.0 Å². The second-order valence-corrected chi connectivity index (χ2v) is 3.75. The summed E-state index contributed by atoms with van der Waals surface area (Å²) in [6.45, 7) is 1.55. The highest BCUT2D eigenvalue weighted by atomic mass is 19.2. The number of carbonyl (C=O) groups is 2. The number of hydrogen-bond donors (Lipinski definition) is 1. The Hall–Kier alpha value is -2.18. The molecular weight excluding hydrogens is 258 g/mol. The van der Waals surface area contributed by atoms with E-state index in [2.05, 4.69) is 4.74 Å². The maximum atomic E-state index is 13.1. The van der Waals surface area contributed by atoms with Gasteiger partial charge in [-0.3, -0.25) is 9.59 Å². The van der Waals surface area contributed by atoms with E-state index in [0.29, 0.717) is 6.07 Å². The average Bonchev–Trinajstić information content (AvgIpc) is 2.39. The van der Waals surface area contributed by atoms with Crippen molar-refractivity contribution in [2.75, 3.05) is 25.9 Å². The van der Waals surface area contributed by atoms with E-state index in [9.17, 15) is 18.4 Å². The van der Waals surface area contributed by atoms with E-state index < -0.39 is 23.5 Å². The van der Waals surface area contributed by atoms with Gasteiger partial charge in [-0.2, -0.15) is 0 Å². The lowest BCUT2D eigenvalue weighted by molar-refractivity contribution is -0.141. The zero-order valence-electron chi connectivity index (χ0n) is 10.6. The highest BCUT2D eigenvalue weighted by Gasteiger charge is 2.21. The van der Waals surface area contributed by atoms with Crippen LogP contribution in [-0.4, -0.2) is 37.0 Å². The van der Waals surface area contributed by atoms with Crippen molar-refractivity contribution in [2.24, 2.45) is 0 Å². The first kappa shape index (κ1) is 14.9. The Balaban J connectivity index is 3.04. The second-order valence-electron chi connectivity index (χ2n) is 3.75. The molecule has 0 radical (unpaired) electrons. The minimum atomic E-state index is -1.17. The van der Waals surface area contributed by atoms with Crippen LogP contribution in [0.2, 0.25) is 0 Å². The molecule has 1 amide bonds. The summed E-state index contributed by atoms with van der Waals surface area (Å²) in [6, 6.07) is 1.45. The van der Waals surface area contributed by atoms with Crippen molar-refractivity contribution in [2.45, 2.75) is 6.92 Å². The maximum Gasteiger partial charge on any atom is 0.325 e. The Labute approximate surface area is 108 Å². The fourth-order valence-electron chi connectivity index (χ4n) is 1.47. The number of carbonyl (C=O) groups excluding carboxylic acids is 2. The zero-order valence-corrected chi connectivity index (χ0v) is 10.6. The Morgan fingerprint density at radius 1 is 1.32 bits per heavy atom. The number of halogens is 2. The molecule has 0 spiro atoms. The molecule has 104 valence electrons. The molecule has 1 rings (SSSR count). The quantitative estimate of drug-likeness (QED) is 0.660.